The van der Waals surface area contributed by atoms with Crippen LogP contribution in [-0.4, -0.2) is 17.7 Å². The molecule has 0 atom stereocenters. The second-order valence-corrected chi connectivity index (χ2v) is 5.26. The summed E-state index contributed by atoms with van der Waals surface area (Å²) in [5.41, 5.74) is 3.78. The Hall–Kier alpha value is -1.35. The van der Waals surface area contributed by atoms with Crippen molar-refractivity contribution in [2.45, 2.75) is 25.7 Å². The van der Waals surface area contributed by atoms with Gasteiger partial charge >= 0.3 is 0 Å². The lowest BCUT2D eigenvalue weighted by atomic mass is 9.92. The van der Waals surface area contributed by atoms with Crippen molar-refractivity contribution >= 4 is 10.9 Å². The zero-order valence-corrected chi connectivity index (χ0v) is 11.0. The van der Waals surface area contributed by atoms with E-state index in [0.29, 0.717) is 5.92 Å². The Morgan fingerprint density at radius 3 is 2.72 bits per heavy atom. The van der Waals surface area contributed by atoms with Gasteiger partial charge in [-0.2, -0.15) is 0 Å². The molecule has 0 amide bonds. The fourth-order valence-corrected chi connectivity index (χ4v) is 3.30. The summed E-state index contributed by atoms with van der Waals surface area (Å²) in [5, 5.41) is 4.46. The van der Waals surface area contributed by atoms with Crippen LogP contribution in [0.2, 0.25) is 0 Å². The molecule has 0 unspecified atom stereocenters. The topological polar surface area (TPSA) is 17.0 Å². The van der Waals surface area contributed by atoms with Gasteiger partial charge in [-0.3, -0.25) is 0 Å². The molecule has 1 N–H and O–H groups in total. The smallest absolute Gasteiger partial charge is 0.123 e. The number of benzene rings is 1. The zero-order valence-electron chi connectivity index (χ0n) is 11.0. The second kappa shape index (κ2) is 4.39. The van der Waals surface area contributed by atoms with Crippen molar-refractivity contribution in [1.29, 1.82) is 0 Å². The van der Waals surface area contributed by atoms with Crippen LogP contribution in [0.3, 0.4) is 0 Å². The van der Waals surface area contributed by atoms with E-state index in [1.54, 1.807) is 12.1 Å². The van der Waals surface area contributed by atoms with Gasteiger partial charge in [0.05, 0.1) is 0 Å². The van der Waals surface area contributed by atoms with E-state index in [9.17, 15) is 4.39 Å². The number of aryl methyl sites for hydroxylation is 2. The molecule has 2 aromatic rings. The molecule has 3 heteroatoms. The summed E-state index contributed by atoms with van der Waals surface area (Å²) in [7, 11) is 2.10. The van der Waals surface area contributed by atoms with Gasteiger partial charge in [-0.05, 0) is 56.6 Å². The van der Waals surface area contributed by atoms with Crippen LogP contribution < -0.4 is 5.32 Å². The lowest BCUT2D eigenvalue weighted by molar-refractivity contribution is 0.445. The summed E-state index contributed by atoms with van der Waals surface area (Å²) in [5.74, 6) is 0.458. The fraction of sp³-hybridized carbons (Fsp3) is 0.467. The molecule has 96 valence electrons. The van der Waals surface area contributed by atoms with E-state index in [1.165, 1.54) is 24.1 Å². The highest BCUT2D eigenvalue weighted by Crippen LogP contribution is 2.34. The van der Waals surface area contributed by atoms with Crippen molar-refractivity contribution in [3.8, 4) is 0 Å². The van der Waals surface area contributed by atoms with Gasteiger partial charge in [0.25, 0.3) is 0 Å². The number of halogens is 1. The second-order valence-electron chi connectivity index (χ2n) is 5.26. The van der Waals surface area contributed by atoms with E-state index >= 15 is 0 Å². The van der Waals surface area contributed by atoms with Gasteiger partial charge in [-0.25, -0.2) is 4.39 Å². The first-order chi connectivity index (χ1) is 8.68. The number of aromatic nitrogens is 1. The average molecular weight is 246 g/mol. The van der Waals surface area contributed by atoms with Crippen LogP contribution in [0.15, 0.2) is 18.2 Å². The van der Waals surface area contributed by atoms with Gasteiger partial charge in [0.15, 0.2) is 0 Å². The van der Waals surface area contributed by atoms with E-state index in [0.717, 1.165) is 24.0 Å². The number of hydrogen-bond acceptors (Lipinski definition) is 1. The Morgan fingerprint density at radius 2 is 2.00 bits per heavy atom. The van der Waals surface area contributed by atoms with E-state index in [-0.39, 0.29) is 5.82 Å². The highest BCUT2D eigenvalue weighted by atomic mass is 19.1. The average Bonchev–Trinajstić information content (AvgIpc) is 2.63. The third-order valence-electron chi connectivity index (χ3n) is 4.20. The largest absolute Gasteiger partial charge is 0.347 e. The van der Waals surface area contributed by atoms with E-state index in [2.05, 4.69) is 23.9 Å². The van der Waals surface area contributed by atoms with Gasteiger partial charge in [0.1, 0.15) is 5.82 Å². The molecular formula is C15H19FN2. The molecule has 2 heterocycles. The molecule has 18 heavy (non-hydrogen) atoms. The maximum atomic E-state index is 13.4. The fourth-order valence-electron chi connectivity index (χ4n) is 3.30. The highest BCUT2D eigenvalue weighted by Gasteiger charge is 2.22. The van der Waals surface area contributed by atoms with E-state index < -0.39 is 0 Å². The number of fused-ring (bicyclic) bond motifs is 1. The zero-order chi connectivity index (χ0) is 12.7. The SMILES string of the molecule is Cc1c(C2CCNCC2)n(C)c2ccc(F)cc12. The molecule has 1 fully saturated rings. The van der Waals surface area contributed by atoms with Gasteiger partial charge in [-0.15, -0.1) is 0 Å². The Balaban J connectivity index is 2.16. The third-order valence-corrected chi connectivity index (χ3v) is 4.20. The van der Waals surface area contributed by atoms with Gasteiger partial charge in [0.2, 0.25) is 0 Å². The molecule has 1 aliphatic rings. The normalized spacial score (nSPS) is 17.5. The maximum absolute atomic E-state index is 13.4. The molecule has 2 nitrogen and oxygen atoms in total. The van der Waals surface area contributed by atoms with Gasteiger partial charge in [-0.1, -0.05) is 0 Å². The minimum Gasteiger partial charge on any atom is -0.347 e. The molecule has 0 bridgehead atoms. The van der Waals surface area contributed by atoms with Crippen molar-refractivity contribution in [3.63, 3.8) is 0 Å². The molecule has 1 aliphatic heterocycles. The molecular weight excluding hydrogens is 227 g/mol. The third kappa shape index (κ3) is 1.74. The maximum Gasteiger partial charge on any atom is 0.123 e. The molecule has 0 aliphatic carbocycles. The van der Waals surface area contributed by atoms with Crippen LogP contribution in [0.1, 0.15) is 30.0 Å². The number of piperidine rings is 1. The van der Waals surface area contributed by atoms with Crippen molar-refractivity contribution in [3.05, 3.63) is 35.3 Å². The standard InChI is InChI=1S/C15H19FN2/c1-10-13-9-12(16)3-4-14(13)18(2)15(10)11-5-7-17-8-6-11/h3-4,9,11,17H,5-8H2,1-2H3. The van der Waals surface area contributed by atoms with Crippen LogP contribution in [0.5, 0.6) is 0 Å². The van der Waals surface area contributed by atoms with E-state index in [4.69, 9.17) is 0 Å². The Bertz CT molecular complexity index is 580. The van der Waals surface area contributed by atoms with Crippen LogP contribution in [0.25, 0.3) is 10.9 Å². The van der Waals surface area contributed by atoms with Crippen LogP contribution >= 0.6 is 0 Å². The quantitative estimate of drug-likeness (QED) is 0.818. The van der Waals surface area contributed by atoms with Crippen LogP contribution in [0, 0.1) is 12.7 Å². The highest BCUT2D eigenvalue weighted by molar-refractivity contribution is 5.85. The van der Waals surface area contributed by atoms with Gasteiger partial charge < -0.3 is 9.88 Å². The molecule has 1 aromatic heterocycles. The van der Waals surface area contributed by atoms with Crippen molar-refractivity contribution in [2.24, 2.45) is 7.05 Å². The summed E-state index contributed by atoms with van der Waals surface area (Å²) < 4.78 is 15.6. The summed E-state index contributed by atoms with van der Waals surface area (Å²) in [6, 6.07) is 5.10. The van der Waals surface area contributed by atoms with Crippen molar-refractivity contribution in [2.75, 3.05) is 13.1 Å². The number of nitrogens with zero attached hydrogens (tertiary/aromatic N) is 1. The number of hydrogen-bond donors (Lipinski definition) is 1. The number of rotatable bonds is 1. The van der Waals surface area contributed by atoms with Gasteiger partial charge in [0, 0.05) is 29.6 Å². The molecule has 1 saturated heterocycles. The first-order valence-corrected chi connectivity index (χ1v) is 6.63. The summed E-state index contributed by atoms with van der Waals surface area (Å²) >= 11 is 0. The minimum absolute atomic E-state index is 0.145. The Labute approximate surface area is 107 Å². The van der Waals surface area contributed by atoms with E-state index in [1.807, 2.05) is 6.07 Å². The van der Waals surface area contributed by atoms with Crippen LogP contribution in [0.4, 0.5) is 4.39 Å². The molecule has 3 rings (SSSR count). The minimum atomic E-state index is -0.145. The number of nitrogens with one attached hydrogen (secondary N) is 1. The molecule has 0 saturated carbocycles. The monoisotopic (exact) mass is 246 g/mol. The Kier molecular flexibility index (Phi) is 2.86. The summed E-state index contributed by atoms with van der Waals surface area (Å²) in [4.78, 5) is 0. The summed E-state index contributed by atoms with van der Waals surface area (Å²) in [6.45, 7) is 4.29. The lowest BCUT2D eigenvalue weighted by Gasteiger charge is -2.24. The first kappa shape index (κ1) is 11.7. The summed E-state index contributed by atoms with van der Waals surface area (Å²) in [6.07, 6.45) is 2.35. The molecule has 0 radical (unpaired) electrons. The van der Waals surface area contributed by atoms with Crippen molar-refractivity contribution in [1.82, 2.24) is 9.88 Å². The lowest BCUT2D eigenvalue weighted by Crippen LogP contribution is -2.27. The van der Waals surface area contributed by atoms with Crippen LogP contribution in [-0.2, 0) is 7.05 Å². The molecule has 1 aromatic carbocycles. The first-order valence-electron chi connectivity index (χ1n) is 6.63. The Morgan fingerprint density at radius 1 is 1.28 bits per heavy atom. The predicted octanol–water partition coefficient (Wildman–Crippen LogP) is 3.09. The molecule has 0 spiro atoms. The predicted molar refractivity (Wildman–Crippen MR) is 72.5 cm³/mol. The van der Waals surface area contributed by atoms with Crippen molar-refractivity contribution < 1.29 is 4.39 Å².